The molecule has 0 aliphatic carbocycles. The van der Waals surface area contributed by atoms with Crippen LogP contribution >= 0.6 is 0 Å². The summed E-state index contributed by atoms with van der Waals surface area (Å²) in [5.74, 6) is 0. The summed E-state index contributed by atoms with van der Waals surface area (Å²) < 4.78 is 38.2. The number of carbonyl (C=O) groups excluding carboxylic acids is 1. The topological polar surface area (TPSA) is 64.6 Å². The fourth-order valence-corrected chi connectivity index (χ4v) is 1.63. The van der Waals surface area contributed by atoms with Crippen LogP contribution < -0.4 is 15.5 Å². The third kappa shape index (κ3) is 4.82. The Balaban J connectivity index is 3.04. The molecule has 1 aromatic rings. The highest BCUT2D eigenvalue weighted by Gasteiger charge is 2.31. The van der Waals surface area contributed by atoms with Gasteiger partial charge in [0.15, 0.2) is 0 Å². The minimum Gasteiger partial charge on any atom is -0.394 e. The fraction of sp³-hybridized carbons (Fsp3) is 0.462. The van der Waals surface area contributed by atoms with Crippen molar-refractivity contribution in [3.05, 3.63) is 23.8 Å². The van der Waals surface area contributed by atoms with Crippen LogP contribution in [0.25, 0.3) is 0 Å². The summed E-state index contributed by atoms with van der Waals surface area (Å²) in [6, 6.07) is 1.93. The predicted molar refractivity (Wildman–Crippen MR) is 74.5 cm³/mol. The van der Waals surface area contributed by atoms with E-state index in [4.69, 9.17) is 5.11 Å². The lowest BCUT2D eigenvalue weighted by molar-refractivity contribution is -0.137. The molecule has 1 rings (SSSR count). The van der Waals surface area contributed by atoms with Gasteiger partial charge in [0.25, 0.3) is 0 Å². The molecule has 0 radical (unpaired) electrons. The molecule has 0 bridgehead atoms. The number of halogens is 3. The van der Waals surface area contributed by atoms with Gasteiger partial charge in [-0.2, -0.15) is 13.2 Å². The maximum absolute atomic E-state index is 12.7. The van der Waals surface area contributed by atoms with Crippen LogP contribution in [-0.2, 0) is 6.18 Å². The molecule has 2 amide bonds. The predicted octanol–water partition coefficient (Wildman–Crippen LogP) is 2.27. The van der Waals surface area contributed by atoms with Gasteiger partial charge < -0.3 is 20.6 Å². The van der Waals surface area contributed by atoms with E-state index in [2.05, 4.69) is 10.6 Å². The Kier molecular flexibility index (Phi) is 5.42. The van der Waals surface area contributed by atoms with Crippen molar-refractivity contribution < 1.29 is 23.1 Å². The number of nitrogens with zero attached hydrogens (tertiary/aromatic N) is 1. The number of amides is 2. The van der Waals surface area contributed by atoms with E-state index < -0.39 is 23.8 Å². The first kappa shape index (κ1) is 17.1. The zero-order valence-corrected chi connectivity index (χ0v) is 12.0. The smallest absolute Gasteiger partial charge is 0.394 e. The van der Waals surface area contributed by atoms with Crippen LogP contribution in [0.3, 0.4) is 0 Å². The van der Waals surface area contributed by atoms with Gasteiger partial charge in [-0.15, -0.1) is 0 Å². The molecule has 0 unspecified atom stereocenters. The Morgan fingerprint density at radius 1 is 1.38 bits per heavy atom. The number of alkyl halides is 3. The number of hydrogen-bond donors (Lipinski definition) is 3. The molecule has 0 fully saturated rings. The summed E-state index contributed by atoms with van der Waals surface area (Å²) in [6.07, 6.45) is -4.49. The third-order valence-corrected chi connectivity index (χ3v) is 2.71. The van der Waals surface area contributed by atoms with E-state index >= 15 is 0 Å². The van der Waals surface area contributed by atoms with Crippen LogP contribution in [0.4, 0.5) is 29.3 Å². The van der Waals surface area contributed by atoms with Gasteiger partial charge in [-0.05, 0) is 25.1 Å². The molecule has 3 N–H and O–H groups in total. The molecule has 0 aliphatic heterocycles. The minimum atomic E-state index is -4.49. The molecule has 0 saturated heterocycles. The second-order valence-corrected chi connectivity index (χ2v) is 4.81. The van der Waals surface area contributed by atoms with Crippen molar-refractivity contribution in [1.29, 1.82) is 0 Å². The van der Waals surface area contributed by atoms with Gasteiger partial charge >= 0.3 is 12.2 Å². The average molecular weight is 305 g/mol. The number of urea groups is 1. The monoisotopic (exact) mass is 305 g/mol. The van der Waals surface area contributed by atoms with E-state index in [0.29, 0.717) is 5.69 Å². The molecule has 1 atom stereocenters. The Bertz CT molecular complexity index is 504. The summed E-state index contributed by atoms with van der Waals surface area (Å²) in [5.41, 5.74) is -0.370. The van der Waals surface area contributed by atoms with Crippen molar-refractivity contribution in [2.24, 2.45) is 0 Å². The second kappa shape index (κ2) is 6.66. The van der Waals surface area contributed by atoms with E-state index in [1.807, 2.05) is 0 Å². The van der Waals surface area contributed by atoms with Crippen molar-refractivity contribution >= 4 is 17.4 Å². The van der Waals surface area contributed by atoms with E-state index in [1.165, 1.54) is 6.07 Å². The maximum Gasteiger partial charge on any atom is 0.416 e. The normalized spacial score (nSPS) is 12.7. The highest BCUT2D eigenvalue weighted by Crippen LogP contribution is 2.34. The molecule has 118 valence electrons. The van der Waals surface area contributed by atoms with Gasteiger partial charge in [0.2, 0.25) is 0 Å². The number of aliphatic hydroxyl groups is 1. The SMILES string of the molecule is C[C@@H](CO)NC(=O)Nc1cc(C(F)(F)F)ccc1N(C)C. The Hall–Kier alpha value is -1.96. The molecule has 0 aliphatic rings. The molecule has 0 spiro atoms. The van der Waals surface area contributed by atoms with Crippen molar-refractivity contribution in [1.82, 2.24) is 5.32 Å². The van der Waals surface area contributed by atoms with Crippen LogP contribution in [0.5, 0.6) is 0 Å². The van der Waals surface area contributed by atoms with Crippen molar-refractivity contribution in [2.45, 2.75) is 19.1 Å². The van der Waals surface area contributed by atoms with Crippen LogP contribution in [0.1, 0.15) is 12.5 Å². The average Bonchev–Trinajstić information content (AvgIpc) is 2.36. The quantitative estimate of drug-likeness (QED) is 0.799. The van der Waals surface area contributed by atoms with Gasteiger partial charge in [-0.1, -0.05) is 0 Å². The van der Waals surface area contributed by atoms with Gasteiger partial charge in [-0.25, -0.2) is 4.79 Å². The summed E-state index contributed by atoms with van der Waals surface area (Å²) in [5, 5.41) is 13.6. The summed E-state index contributed by atoms with van der Waals surface area (Å²) >= 11 is 0. The first-order chi connectivity index (χ1) is 9.65. The van der Waals surface area contributed by atoms with E-state index in [9.17, 15) is 18.0 Å². The molecule has 0 saturated carbocycles. The van der Waals surface area contributed by atoms with Crippen LogP contribution in [0, 0.1) is 0 Å². The van der Waals surface area contributed by atoms with Crippen LogP contribution in [-0.4, -0.2) is 37.9 Å². The van der Waals surface area contributed by atoms with E-state index in [1.54, 1.807) is 25.9 Å². The number of anilines is 2. The number of rotatable bonds is 4. The standard InChI is InChI=1S/C13H18F3N3O2/c1-8(7-20)17-12(21)18-10-6-9(13(14,15)16)4-5-11(10)19(2)3/h4-6,8,20H,7H2,1-3H3,(H2,17,18,21)/t8-/m0/s1. The molecule has 8 heteroatoms. The Morgan fingerprint density at radius 2 is 2.00 bits per heavy atom. The van der Waals surface area contributed by atoms with Crippen molar-refractivity contribution in [2.75, 3.05) is 30.9 Å². The number of aliphatic hydroxyl groups excluding tert-OH is 1. The van der Waals surface area contributed by atoms with Crippen molar-refractivity contribution in [3.63, 3.8) is 0 Å². The lowest BCUT2D eigenvalue weighted by Crippen LogP contribution is -2.38. The minimum absolute atomic E-state index is 0.0393. The maximum atomic E-state index is 12.7. The van der Waals surface area contributed by atoms with Gasteiger partial charge in [0.05, 0.1) is 29.6 Å². The molecule has 5 nitrogen and oxygen atoms in total. The number of nitrogens with one attached hydrogen (secondary N) is 2. The second-order valence-electron chi connectivity index (χ2n) is 4.81. The summed E-state index contributed by atoms with van der Waals surface area (Å²) in [7, 11) is 3.31. The molecule has 0 aromatic heterocycles. The van der Waals surface area contributed by atoms with Gasteiger partial charge in [-0.3, -0.25) is 0 Å². The number of hydrogen-bond acceptors (Lipinski definition) is 3. The largest absolute Gasteiger partial charge is 0.416 e. The highest BCUT2D eigenvalue weighted by molar-refractivity contribution is 5.93. The Morgan fingerprint density at radius 3 is 2.48 bits per heavy atom. The number of carbonyl (C=O) groups is 1. The lowest BCUT2D eigenvalue weighted by atomic mass is 10.1. The summed E-state index contributed by atoms with van der Waals surface area (Å²) in [4.78, 5) is 13.3. The van der Waals surface area contributed by atoms with E-state index in [-0.39, 0.29) is 12.3 Å². The van der Waals surface area contributed by atoms with Crippen LogP contribution in [0.2, 0.25) is 0 Å². The van der Waals surface area contributed by atoms with Crippen LogP contribution in [0.15, 0.2) is 18.2 Å². The van der Waals surface area contributed by atoms with E-state index in [0.717, 1.165) is 12.1 Å². The molecule has 21 heavy (non-hydrogen) atoms. The first-order valence-corrected chi connectivity index (χ1v) is 6.22. The summed E-state index contributed by atoms with van der Waals surface area (Å²) in [6.45, 7) is 1.30. The zero-order chi connectivity index (χ0) is 16.2. The first-order valence-electron chi connectivity index (χ1n) is 6.22. The third-order valence-electron chi connectivity index (χ3n) is 2.71. The van der Waals surface area contributed by atoms with Gasteiger partial charge in [0, 0.05) is 14.1 Å². The highest BCUT2D eigenvalue weighted by atomic mass is 19.4. The molecular weight excluding hydrogens is 287 g/mol. The van der Waals surface area contributed by atoms with Gasteiger partial charge in [0.1, 0.15) is 0 Å². The molecule has 1 aromatic carbocycles. The number of benzene rings is 1. The van der Waals surface area contributed by atoms with Crippen molar-refractivity contribution in [3.8, 4) is 0 Å². The molecular formula is C13H18F3N3O2. The lowest BCUT2D eigenvalue weighted by Gasteiger charge is -2.20. The molecule has 0 heterocycles. The zero-order valence-electron chi connectivity index (χ0n) is 12.0. The Labute approximate surface area is 120 Å². The fourth-order valence-electron chi connectivity index (χ4n) is 1.63.